The minimum absolute atomic E-state index is 0.253. The molecular weight excluding hydrogens is 222 g/mol. The van der Waals surface area contributed by atoms with E-state index in [-0.39, 0.29) is 6.61 Å². The quantitative estimate of drug-likeness (QED) is 0.656. The van der Waals surface area contributed by atoms with Gasteiger partial charge in [-0.25, -0.2) is 0 Å². The van der Waals surface area contributed by atoms with Gasteiger partial charge in [-0.15, -0.1) is 0 Å². The van der Waals surface area contributed by atoms with E-state index in [2.05, 4.69) is 49.5 Å². The number of hydrogen-bond acceptors (Lipinski definition) is 2. The molecule has 0 heterocycles. The van der Waals surface area contributed by atoms with Crippen molar-refractivity contribution in [2.45, 2.75) is 45.6 Å². The number of aliphatic hydroxyl groups excluding tert-OH is 1. The molecule has 1 aromatic carbocycles. The lowest BCUT2D eigenvalue weighted by Crippen LogP contribution is -2.27. The fraction of sp³-hybridized carbons (Fsp3) is 0.625. The van der Waals surface area contributed by atoms with Gasteiger partial charge < -0.3 is 10.4 Å². The Labute approximate surface area is 111 Å². The number of benzene rings is 1. The van der Waals surface area contributed by atoms with E-state index in [9.17, 15) is 0 Å². The van der Waals surface area contributed by atoms with Crippen LogP contribution in [0.4, 0.5) is 0 Å². The number of hydrogen-bond donors (Lipinski definition) is 2. The molecule has 0 saturated heterocycles. The van der Waals surface area contributed by atoms with Crippen LogP contribution in [0.5, 0.6) is 0 Å². The molecule has 1 aromatic rings. The fourth-order valence-electron chi connectivity index (χ4n) is 2.08. The first-order valence-corrected chi connectivity index (χ1v) is 7.17. The monoisotopic (exact) mass is 249 g/mol. The van der Waals surface area contributed by atoms with Crippen molar-refractivity contribution in [1.82, 2.24) is 5.32 Å². The van der Waals surface area contributed by atoms with Crippen molar-refractivity contribution in [3.63, 3.8) is 0 Å². The van der Waals surface area contributed by atoms with Gasteiger partial charge in [0.15, 0.2) is 0 Å². The molecule has 18 heavy (non-hydrogen) atoms. The summed E-state index contributed by atoms with van der Waals surface area (Å²) in [7, 11) is 0. The van der Waals surface area contributed by atoms with Gasteiger partial charge in [0.2, 0.25) is 0 Å². The third-order valence-corrected chi connectivity index (χ3v) is 3.32. The van der Waals surface area contributed by atoms with E-state index in [1.807, 2.05) is 0 Å². The summed E-state index contributed by atoms with van der Waals surface area (Å²) in [6, 6.07) is 11.0. The van der Waals surface area contributed by atoms with Gasteiger partial charge in [-0.3, -0.25) is 0 Å². The van der Waals surface area contributed by atoms with Gasteiger partial charge in [0.25, 0.3) is 0 Å². The predicted molar refractivity (Wildman–Crippen MR) is 77.6 cm³/mol. The summed E-state index contributed by atoms with van der Waals surface area (Å²) in [6.45, 7) is 5.44. The van der Waals surface area contributed by atoms with Crippen molar-refractivity contribution >= 4 is 0 Å². The molecule has 102 valence electrons. The molecule has 0 aliphatic carbocycles. The van der Waals surface area contributed by atoms with Crippen molar-refractivity contribution < 1.29 is 5.11 Å². The molecular formula is C16H27NO. The van der Waals surface area contributed by atoms with Crippen LogP contribution in [0.2, 0.25) is 0 Å². The van der Waals surface area contributed by atoms with Gasteiger partial charge >= 0.3 is 0 Å². The lowest BCUT2D eigenvalue weighted by Gasteiger charge is -2.21. The Bertz CT molecular complexity index is 299. The Morgan fingerprint density at radius 3 is 2.50 bits per heavy atom. The summed E-state index contributed by atoms with van der Waals surface area (Å²) in [6.07, 6.45) is 4.99. The van der Waals surface area contributed by atoms with Crippen LogP contribution >= 0.6 is 0 Å². The highest BCUT2D eigenvalue weighted by Crippen LogP contribution is 2.19. The average Bonchev–Trinajstić information content (AvgIpc) is 2.43. The molecule has 2 N–H and O–H groups in total. The zero-order valence-corrected chi connectivity index (χ0v) is 11.7. The highest BCUT2D eigenvalue weighted by atomic mass is 16.3. The molecule has 0 amide bonds. The van der Waals surface area contributed by atoms with Crippen LogP contribution in [0.15, 0.2) is 30.3 Å². The maximum absolute atomic E-state index is 9.09. The van der Waals surface area contributed by atoms with Gasteiger partial charge in [0.05, 0.1) is 0 Å². The Hall–Kier alpha value is -0.860. The second-order valence-corrected chi connectivity index (χ2v) is 5.16. The van der Waals surface area contributed by atoms with Crippen LogP contribution in [0.3, 0.4) is 0 Å². The van der Waals surface area contributed by atoms with Crippen molar-refractivity contribution in [2.24, 2.45) is 5.92 Å². The molecule has 2 heteroatoms. The summed E-state index contributed by atoms with van der Waals surface area (Å²) >= 11 is 0. The van der Waals surface area contributed by atoms with Gasteiger partial charge in [-0.2, -0.15) is 0 Å². The largest absolute Gasteiger partial charge is 0.396 e. The predicted octanol–water partition coefficient (Wildman–Crippen LogP) is 3.53. The molecule has 0 aromatic heterocycles. The van der Waals surface area contributed by atoms with E-state index in [0.29, 0.717) is 12.0 Å². The van der Waals surface area contributed by atoms with E-state index in [4.69, 9.17) is 5.11 Å². The number of rotatable bonds is 9. The van der Waals surface area contributed by atoms with Crippen LogP contribution < -0.4 is 5.32 Å². The average molecular weight is 249 g/mol. The highest BCUT2D eigenvalue weighted by Gasteiger charge is 2.11. The van der Waals surface area contributed by atoms with Gasteiger partial charge in [-0.05, 0) is 17.9 Å². The summed E-state index contributed by atoms with van der Waals surface area (Å²) in [5.74, 6) is 0.322. The van der Waals surface area contributed by atoms with Gasteiger partial charge in [-0.1, -0.05) is 63.4 Å². The molecule has 0 saturated carbocycles. The van der Waals surface area contributed by atoms with E-state index < -0.39 is 0 Å². The zero-order chi connectivity index (χ0) is 13.2. The lowest BCUT2D eigenvalue weighted by atomic mass is 10.00. The molecule has 2 atom stereocenters. The summed E-state index contributed by atoms with van der Waals surface area (Å²) in [5.41, 5.74) is 1.36. The van der Waals surface area contributed by atoms with Crippen molar-refractivity contribution in [2.75, 3.05) is 13.2 Å². The third-order valence-electron chi connectivity index (χ3n) is 3.32. The molecule has 0 aliphatic rings. The maximum Gasteiger partial charge on any atom is 0.0468 e. The number of nitrogens with one attached hydrogen (secondary N) is 1. The van der Waals surface area contributed by atoms with Crippen LogP contribution in [0.1, 0.15) is 51.1 Å². The lowest BCUT2D eigenvalue weighted by molar-refractivity contribution is 0.229. The molecule has 2 nitrogen and oxygen atoms in total. The Kier molecular flexibility index (Phi) is 7.70. The van der Waals surface area contributed by atoms with E-state index >= 15 is 0 Å². The topological polar surface area (TPSA) is 32.3 Å². The van der Waals surface area contributed by atoms with E-state index in [1.165, 1.54) is 31.2 Å². The molecule has 0 spiro atoms. The summed E-state index contributed by atoms with van der Waals surface area (Å²) in [5, 5.41) is 12.7. The maximum atomic E-state index is 9.09. The number of aliphatic hydroxyl groups is 1. The minimum Gasteiger partial charge on any atom is -0.396 e. The van der Waals surface area contributed by atoms with E-state index in [0.717, 1.165) is 6.54 Å². The fourth-order valence-corrected chi connectivity index (χ4v) is 2.08. The smallest absolute Gasteiger partial charge is 0.0468 e. The first-order valence-electron chi connectivity index (χ1n) is 7.17. The normalized spacial score (nSPS) is 14.4. The minimum atomic E-state index is 0.253. The Balaban J connectivity index is 2.52. The Morgan fingerprint density at radius 1 is 1.17 bits per heavy atom. The highest BCUT2D eigenvalue weighted by molar-refractivity contribution is 5.18. The van der Waals surface area contributed by atoms with Crippen molar-refractivity contribution in [3.8, 4) is 0 Å². The molecule has 0 aliphatic heterocycles. The Morgan fingerprint density at radius 2 is 1.89 bits per heavy atom. The van der Waals surface area contributed by atoms with Gasteiger partial charge in [0, 0.05) is 19.2 Å². The van der Waals surface area contributed by atoms with E-state index in [1.54, 1.807) is 0 Å². The third kappa shape index (κ3) is 5.65. The standard InChI is InChI=1S/C16H27NO/c1-3-4-6-11-16(17-12-14(2)13-18)15-9-7-5-8-10-15/h5,7-10,14,16-18H,3-4,6,11-13H2,1-2H3. The SMILES string of the molecule is CCCCCC(NCC(C)CO)c1ccccc1. The first-order chi connectivity index (χ1) is 8.77. The van der Waals surface area contributed by atoms with Crippen molar-refractivity contribution in [1.29, 1.82) is 0 Å². The van der Waals surface area contributed by atoms with Crippen LogP contribution in [0.25, 0.3) is 0 Å². The molecule has 2 unspecified atom stereocenters. The molecule has 0 bridgehead atoms. The summed E-state index contributed by atoms with van der Waals surface area (Å²) in [4.78, 5) is 0. The van der Waals surface area contributed by atoms with Crippen molar-refractivity contribution in [3.05, 3.63) is 35.9 Å². The second-order valence-electron chi connectivity index (χ2n) is 5.16. The second kappa shape index (κ2) is 9.12. The summed E-state index contributed by atoms with van der Waals surface area (Å²) < 4.78 is 0. The first kappa shape index (κ1) is 15.2. The van der Waals surface area contributed by atoms with Crippen LogP contribution in [-0.4, -0.2) is 18.3 Å². The zero-order valence-electron chi connectivity index (χ0n) is 11.7. The molecule has 1 rings (SSSR count). The van der Waals surface area contributed by atoms with Crippen LogP contribution in [-0.2, 0) is 0 Å². The van der Waals surface area contributed by atoms with Gasteiger partial charge in [0.1, 0.15) is 0 Å². The van der Waals surface area contributed by atoms with Crippen LogP contribution in [0, 0.1) is 5.92 Å². The molecule has 0 fully saturated rings. The number of unbranched alkanes of at least 4 members (excludes halogenated alkanes) is 2. The molecule has 0 radical (unpaired) electrons.